The number of hydrogen-bond acceptors (Lipinski definition) is 1. The first-order valence-electron chi connectivity index (χ1n) is 6.51. The Morgan fingerprint density at radius 2 is 2.20 bits per heavy atom. The van der Waals surface area contributed by atoms with E-state index in [-0.39, 0.29) is 0 Å². The number of rotatable bonds is 6. The molecule has 1 fully saturated rings. The lowest BCUT2D eigenvalue weighted by Crippen LogP contribution is -2.12. The van der Waals surface area contributed by atoms with Crippen molar-refractivity contribution in [3.63, 3.8) is 0 Å². The van der Waals surface area contributed by atoms with Gasteiger partial charge in [-0.1, -0.05) is 38.3 Å². The van der Waals surface area contributed by atoms with Crippen LogP contribution in [0.3, 0.4) is 0 Å². The quantitative estimate of drug-likeness (QED) is 0.470. The molecule has 0 radical (unpaired) electrons. The minimum Gasteiger partial charge on any atom is -0.300 e. The van der Waals surface area contributed by atoms with Crippen LogP contribution in [0.25, 0.3) is 0 Å². The van der Waals surface area contributed by atoms with E-state index in [1.54, 1.807) is 0 Å². The first kappa shape index (κ1) is 12.5. The van der Waals surface area contributed by atoms with E-state index in [1.807, 2.05) is 0 Å². The first-order chi connectivity index (χ1) is 7.33. The number of carbonyl (C=O) groups excluding carboxylic acids is 1. The minimum absolute atomic E-state index is 0.460. The molecule has 0 N–H and O–H groups in total. The highest BCUT2D eigenvalue weighted by atomic mass is 16.1. The molecule has 1 unspecified atom stereocenters. The summed E-state index contributed by atoms with van der Waals surface area (Å²) in [4.78, 5) is 11.2. The van der Waals surface area contributed by atoms with Gasteiger partial charge in [0, 0.05) is 12.8 Å². The third kappa shape index (κ3) is 5.76. The average molecular weight is 208 g/mol. The molecule has 1 atom stereocenters. The molecular formula is C14H24O. The third-order valence-corrected chi connectivity index (χ3v) is 3.15. The van der Waals surface area contributed by atoms with Crippen LogP contribution < -0.4 is 0 Å². The normalized spacial score (nSPS) is 22.5. The van der Waals surface area contributed by atoms with Crippen LogP contribution in [0.4, 0.5) is 0 Å². The van der Waals surface area contributed by atoms with Gasteiger partial charge in [0.1, 0.15) is 5.78 Å². The summed E-state index contributed by atoms with van der Waals surface area (Å²) >= 11 is 0. The van der Waals surface area contributed by atoms with Gasteiger partial charge in [-0.25, -0.2) is 0 Å². The average Bonchev–Trinajstić information content (AvgIpc) is 2.23. The van der Waals surface area contributed by atoms with E-state index < -0.39 is 0 Å². The van der Waals surface area contributed by atoms with Crippen molar-refractivity contribution in [1.29, 1.82) is 0 Å². The highest BCUT2D eigenvalue weighted by Crippen LogP contribution is 2.22. The molecular weight excluding hydrogens is 184 g/mol. The van der Waals surface area contributed by atoms with Crippen molar-refractivity contribution >= 4 is 5.78 Å². The van der Waals surface area contributed by atoms with Crippen molar-refractivity contribution in [2.24, 2.45) is 5.92 Å². The first-order valence-corrected chi connectivity index (χ1v) is 6.51. The highest BCUT2D eigenvalue weighted by Gasteiger charge is 2.16. The molecule has 0 heterocycles. The van der Waals surface area contributed by atoms with Crippen molar-refractivity contribution in [3.05, 3.63) is 12.2 Å². The number of allylic oxidation sites excluding steroid dienone is 2. The van der Waals surface area contributed by atoms with Gasteiger partial charge in [0.05, 0.1) is 0 Å². The van der Waals surface area contributed by atoms with Crippen molar-refractivity contribution in [1.82, 2.24) is 0 Å². The summed E-state index contributed by atoms with van der Waals surface area (Å²) in [5.74, 6) is 1.01. The van der Waals surface area contributed by atoms with E-state index in [0.717, 1.165) is 19.3 Å². The maximum Gasteiger partial charge on any atom is 0.133 e. The molecule has 1 heteroatoms. The van der Waals surface area contributed by atoms with Crippen molar-refractivity contribution in [3.8, 4) is 0 Å². The van der Waals surface area contributed by atoms with Gasteiger partial charge in [-0.15, -0.1) is 0 Å². The molecule has 0 aromatic heterocycles. The molecule has 0 aromatic carbocycles. The summed E-state index contributed by atoms with van der Waals surface area (Å²) < 4.78 is 0. The van der Waals surface area contributed by atoms with Gasteiger partial charge < -0.3 is 0 Å². The van der Waals surface area contributed by atoms with Gasteiger partial charge in [-0.3, -0.25) is 4.79 Å². The van der Waals surface area contributed by atoms with Crippen LogP contribution in [-0.4, -0.2) is 5.78 Å². The third-order valence-electron chi connectivity index (χ3n) is 3.15. The zero-order valence-electron chi connectivity index (χ0n) is 10.0. The molecule has 86 valence electrons. The number of hydrogen-bond donors (Lipinski definition) is 0. The molecule has 1 rings (SSSR count). The maximum atomic E-state index is 11.2. The number of carbonyl (C=O) groups is 1. The molecule has 0 saturated heterocycles. The van der Waals surface area contributed by atoms with Gasteiger partial charge >= 0.3 is 0 Å². The minimum atomic E-state index is 0.460. The summed E-state index contributed by atoms with van der Waals surface area (Å²) in [6, 6.07) is 0. The highest BCUT2D eigenvalue weighted by molar-refractivity contribution is 5.79. The topological polar surface area (TPSA) is 17.1 Å². The lowest BCUT2D eigenvalue weighted by Gasteiger charge is -2.16. The standard InChI is InChI=1S/C14H24O/c1-2-3-4-5-6-7-9-13-10-8-11-14(15)12-13/h7,9,13H,2-6,8,10-12H2,1H3/b9-7+. The van der Waals surface area contributed by atoms with Crippen LogP contribution in [0.1, 0.15) is 64.7 Å². The molecule has 15 heavy (non-hydrogen) atoms. The molecule has 0 aromatic rings. The maximum absolute atomic E-state index is 11.2. The molecule has 0 aliphatic heterocycles. The Labute approximate surface area is 93.9 Å². The second-order valence-corrected chi connectivity index (χ2v) is 4.67. The van der Waals surface area contributed by atoms with Crippen LogP contribution in [0.15, 0.2) is 12.2 Å². The SMILES string of the molecule is CCCCCC/C=C/C1CCCC(=O)C1. The molecule has 1 aliphatic rings. The zero-order valence-corrected chi connectivity index (χ0v) is 10.0. The Kier molecular flexibility index (Phi) is 6.38. The Balaban J connectivity index is 2.06. The van der Waals surface area contributed by atoms with Crippen LogP contribution >= 0.6 is 0 Å². The van der Waals surface area contributed by atoms with Gasteiger partial charge in [-0.05, 0) is 31.6 Å². The predicted molar refractivity (Wildman–Crippen MR) is 64.9 cm³/mol. The smallest absolute Gasteiger partial charge is 0.133 e. The molecule has 1 saturated carbocycles. The Hall–Kier alpha value is -0.590. The fourth-order valence-corrected chi connectivity index (χ4v) is 2.20. The van der Waals surface area contributed by atoms with E-state index in [9.17, 15) is 4.79 Å². The second-order valence-electron chi connectivity index (χ2n) is 4.67. The fourth-order valence-electron chi connectivity index (χ4n) is 2.20. The van der Waals surface area contributed by atoms with Crippen molar-refractivity contribution < 1.29 is 4.79 Å². The Bertz CT molecular complexity index is 205. The summed E-state index contributed by atoms with van der Waals surface area (Å²) in [6.07, 6.45) is 15.0. The van der Waals surface area contributed by atoms with Crippen LogP contribution in [-0.2, 0) is 4.79 Å². The van der Waals surface area contributed by atoms with Gasteiger partial charge in [0.25, 0.3) is 0 Å². The van der Waals surface area contributed by atoms with Gasteiger partial charge in [0.15, 0.2) is 0 Å². The number of Topliss-reactive ketones (excluding diaryl/α,β-unsaturated/α-hetero) is 1. The lowest BCUT2D eigenvalue weighted by molar-refractivity contribution is -0.121. The largest absolute Gasteiger partial charge is 0.300 e. The van der Waals surface area contributed by atoms with E-state index >= 15 is 0 Å². The Morgan fingerprint density at radius 3 is 2.93 bits per heavy atom. The molecule has 0 spiro atoms. The monoisotopic (exact) mass is 208 g/mol. The van der Waals surface area contributed by atoms with Crippen LogP contribution in [0.5, 0.6) is 0 Å². The van der Waals surface area contributed by atoms with Crippen LogP contribution in [0.2, 0.25) is 0 Å². The summed E-state index contributed by atoms with van der Waals surface area (Å²) in [6.45, 7) is 2.24. The van der Waals surface area contributed by atoms with Gasteiger partial charge in [-0.2, -0.15) is 0 Å². The second kappa shape index (κ2) is 7.67. The summed E-state index contributed by atoms with van der Waals surface area (Å²) in [7, 11) is 0. The van der Waals surface area contributed by atoms with E-state index in [2.05, 4.69) is 19.1 Å². The van der Waals surface area contributed by atoms with E-state index in [0.29, 0.717) is 11.7 Å². The number of unbranched alkanes of at least 4 members (excludes halogenated alkanes) is 4. The predicted octanol–water partition coefficient (Wildman–Crippen LogP) is 4.27. The molecule has 1 nitrogen and oxygen atoms in total. The summed E-state index contributed by atoms with van der Waals surface area (Å²) in [5.41, 5.74) is 0. The van der Waals surface area contributed by atoms with Crippen LogP contribution in [0, 0.1) is 5.92 Å². The zero-order chi connectivity index (χ0) is 10.9. The van der Waals surface area contributed by atoms with Gasteiger partial charge in [0.2, 0.25) is 0 Å². The fraction of sp³-hybridized carbons (Fsp3) is 0.786. The Morgan fingerprint density at radius 1 is 1.33 bits per heavy atom. The summed E-state index contributed by atoms with van der Waals surface area (Å²) in [5, 5.41) is 0. The van der Waals surface area contributed by atoms with Crippen molar-refractivity contribution in [2.75, 3.05) is 0 Å². The molecule has 0 bridgehead atoms. The lowest BCUT2D eigenvalue weighted by atomic mass is 9.88. The molecule has 1 aliphatic carbocycles. The number of ketones is 1. The van der Waals surface area contributed by atoms with E-state index in [1.165, 1.54) is 38.5 Å². The molecule has 0 amide bonds. The van der Waals surface area contributed by atoms with Crippen molar-refractivity contribution in [2.45, 2.75) is 64.7 Å². The van der Waals surface area contributed by atoms with E-state index in [4.69, 9.17) is 0 Å².